The van der Waals surface area contributed by atoms with Crippen LogP contribution >= 0.6 is 11.6 Å². The number of aromatic nitrogens is 1. The van der Waals surface area contributed by atoms with Crippen molar-refractivity contribution in [3.8, 4) is 5.75 Å². The summed E-state index contributed by atoms with van der Waals surface area (Å²) in [4.78, 5) is 41.3. The van der Waals surface area contributed by atoms with Gasteiger partial charge in [0, 0.05) is 23.9 Å². The highest BCUT2D eigenvalue weighted by Crippen LogP contribution is 2.31. The minimum absolute atomic E-state index is 0.136. The summed E-state index contributed by atoms with van der Waals surface area (Å²) in [6.45, 7) is 6.52. The first-order valence-electron chi connectivity index (χ1n) is 12.4. The quantitative estimate of drug-likeness (QED) is 0.232. The van der Waals surface area contributed by atoms with Crippen LogP contribution in [0.5, 0.6) is 5.75 Å². The Hall–Kier alpha value is -2.82. The number of hydrogen-bond acceptors (Lipinski definition) is 7. The Balaban J connectivity index is 1.79. The molecule has 1 aromatic carbocycles. The summed E-state index contributed by atoms with van der Waals surface area (Å²) in [5.41, 5.74) is 0.766. The predicted molar refractivity (Wildman–Crippen MR) is 140 cm³/mol. The molecule has 2 aromatic rings. The lowest BCUT2D eigenvalue weighted by atomic mass is 9.87. The number of H-pyrrole nitrogens is 1. The molecule has 1 aliphatic heterocycles. The third-order valence-electron chi connectivity index (χ3n) is 6.42. The standard InChI is InChI=1S/C26H37ClN4O6/c1-26(2,3)13-20(24(34)30-19(25(35)37-5)10-14-7-6-8-28-22(14)32)31-23(33)18-11-15-9-16(36-4)12-17(27)21(15)29-18/h9,11-12,14,19-20,23,29,31,33H,6-8,10,13H2,1-5H3,(H,28,32)(H,30,34)/t14-,19-,20-,23?/m0/s1. The third kappa shape index (κ3) is 7.59. The molecule has 5 N–H and O–H groups in total. The van der Waals surface area contributed by atoms with Crippen LogP contribution in [-0.4, -0.2) is 60.7 Å². The van der Waals surface area contributed by atoms with Crippen molar-refractivity contribution in [3.63, 3.8) is 0 Å². The molecular formula is C26H37ClN4O6. The van der Waals surface area contributed by atoms with Crippen LogP contribution in [0, 0.1) is 11.3 Å². The molecule has 37 heavy (non-hydrogen) atoms. The second kappa shape index (κ2) is 12.1. The number of rotatable bonds is 10. The molecule has 2 amide bonds. The van der Waals surface area contributed by atoms with Crippen LogP contribution in [0.3, 0.4) is 0 Å². The molecular weight excluding hydrogens is 500 g/mol. The van der Waals surface area contributed by atoms with Crippen molar-refractivity contribution in [2.75, 3.05) is 20.8 Å². The maximum Gasteiger partial charge on any atom is 0.328 e. The summed E-state index contributed by atoms with van der Waals surface area (Å²) in [6.07, 6.45) is 0.706. The number of fused-ring (bicyclic) bond motifs is 1. The molecule has 1 fully saturated rings. The van der Waals surface area contributed by atoms with E-state index in [0.29, 0.717) is 41.4 Å². The van der Waals surface area contributed by atoms with Gasteiger partial charge in [0.05, 0.1) is 36.5 Å². The van der Waals surface area contributed by atoms with Gasteiger partial charge in [-0.05, 0) is 43.2 Å². The van der Waals surface area contributed by atoms with Crippen molar-refractivity contribution < 1.29 is 29.0 Å². The van der Waals surface area contributed by atoms with Gasteiger partial charge in [-0.25, -0.2) is 4.79 Å². The summed E-state index contributed by atoms with van der Waals surface area (Å²) in [7, 11) is 2.78. The Labute approximate surface area is 221 Å². The molecule has 1 aromatic heterocycles. The van der Waals surface area contributed by atoms with E-state index in [1.807, 2.05) is 20.8 Å². The minimum Gasteiger partial charge on any atom is -0.497 e. The Morgan fingerprint density at radius 1 is 1.22 bits per heavy atom. The molecule has 1 unspecified atom stereocenters. The van der Waals surface area contributed by atoms with Gasteiger partial charge in [-0.1, -0.05) is 32.4 Å². The molecule has 1 saturated heterocycles. The van der Waals surface area contributed by atoms with Crippen molar-refractivity contribution in [2.24, 2.45) is 11.3 Å². The van der Waals surface area contributed by atoms with Crippen LogP contribution in [0.2, 0.25) is 5.02 Å². The van der Waals surface area contributed by atoms with Gasteiger partial charge in [-0.15, -0.1) is 0 Å². The minimum atomic E-state index is -1.23. The maximum atomic E-state index is 13.4. The van der Waals surface area contributed by atoms with E-state index in [1.165, 1.54) is 7.11 Å². The van der Waals surface area contributed by atoms with Gasteiger partial charge < -0.3 is 30.2 Å². The van der Waals surface area contributed by atoms with Crippen LogP contribution < -0.4 is 20.7 Å². The zero-order valence-corrected chi connectivity index (χ0v) is 22.7. The van der Waals surface area contributed by atoms with E-state index in [2.05, 4.69) is 20.9 Å². The zero-order valence-electron chi connectivity index (χ0n) is 21.9. The molecule has 10 nitrogen and oxygen atoms in total. The fourth-order valence-electron chi connectivity index (χ4n) is 4.55. The number of halogens is 1. The lowest BCUT2D eigenvalue weighted by Gasteiger charge is -2.30. The first kappa shape index (κ1) is 28.7. The van der Waals surface area contributed by atoms with Gasteiger partial charge >= 0.3 is 5.97 Å². The number of benzene rings is 1. The molecule has 0 aliphatic carbocycles. The number of carbonyl (C=O) groups excluding carboxylic acids is 3. The number of ether oxygens (including phenoxy) is 2. The molecule has 3 rings (SSSR count). The fourth-order valence-corrected chi connectivity index (χ4v) is 4.82. The van der Waals surface area contributed by atoms with Crippen LogP contribution in [0.4, 0.5) is 0 Å². The lowest BCUT2D eigenvalue weighted by Crippen LogP contribution is -2.53. The van der Waals surface area contributed by atoms with Crippen LogP contribution in [0.25, 0.3) is 10.9 Å². The van der Waals surface area contributed by atoms with Gasteiger partial charge in [0.25, 0.3) is 0 Å². The first-order valence-corrected chi connectivity index (χ1v) is 12.8. The van der Waals surface area contributed by atoms with E-state index in [0.717, 1.165) is 11.8 Å². The molecule has 2 heterocycles. The Bertz CT molecular complexity index is 1130. The van der Waals surface area contributed by atoms with Crippen molar-refractivity contribution in [1.82, 2.24) is 20.9 Å². The average molecular weight is 537 g/mol. The Morgan fingerprint density at radius 2 is 1.95 bits per heavy atom. The molecule has 0 saturated carbocycles. The molecule has 0 spiro atoms. The van der Waals surface area contributed by atoms with Gasteiger partial charge in [-0.3, -0.25) is 14.9 Å². The Morgan fingerprint density at radius 3 is 2.57 bits per heavy atom. The normalized spacial score (nSPS) is 18.6. The fraction of sp³-hybridized carbons (Fsp3) is 0.577. The third-order valence-corrected chi connectivity index (χ3v) is 6.72. The molecule has 204 valence electrons. The van der Waals surface area contributed by atoms with Crippen LogP contribution in [0.1, 0.15) is 58.4 Å². The van der Waals surface area contributed by atoms with Gasteiger partial charge in [0.2, 0.25) is 11.8 Å². The molecule has 4 atom stereocenters. The molecule has 11 heteroatoms. The maximum absolute atomic E-state index is 13.4. The number of nitrogens with one attached hydrogen (secondary N) is 4. The lowest BCUT2D eigenvalue weighted by molar-refractivity contribution is -0.146. The molecule has 0 bridgehead atoms. The number of hydrogen-bond donors (Lipinski definition) is 5. The smallest absolute Gasteiger partial charge is 0.328 e. The summed E-state index contributed by atoms with van der Waals surface area (Å²) in [5, 5.41) is 20.7. The molecule has 1 aliphatic rings. The first-order chi connectivity index (χ1) is 17.4. The van der Waals surface area contributed by atoms with E-state index in [9.17, 15) is 19.5 Å². The number of esters is 1. The van der Waals surface area contributed by atoms with Gasteiger partial charge in [0.15, 0.2) is 0 Å². The number of aromatic amines is 1. The molecule has 0 radical (unpaired) electrons. The SMILES string of the molecule is COC(=O)[C@H](C[C@@H]1CCCNC1=O)NC(=O)[C@H](CC(C)(C)C)NC(O)c1cc2cc(OC)cc(Cl)c2[nH]1. The van der Waals surface area contributed by atoms with E-state index in [-0.39, 0.29) is 17.7 Å². The van der Waals surface area contributed by atoms with Crippen molar-refractivity contribution in [3.05, 3.63) is 28.9 Å². The monoisotopic (exact) mass is 536 g/mol. The largest absolute Gasteiger partial charge is 0.497 e. The Kier molecular flexibility index (Phi) is 9.44. The van der Waals surface area contributed by atoms with E-state index < -0.39 is 36.1 Å². The highest BCUT2D eigenvalue weighted by atomic mass is 35.5. The van der Waals surface area contributed by atoms with E-state index >= 15 is 0 Å². The number of methoxy groups -OCH3 is 2. The second-order valence-corrected chi connectivity index (χ2v) is 11.0. The number of carbonyl (C=O) groups is 3. The number of amides is 2. The summed E-state index contributed by atoms with van der Waals surface area (Å²) in [6, 6.07) is 3.34. The van der Waals surface area contributed by atoms with Gasteiger partial charge in [0.1, 0.15) is 18.0 Å². The predicted octanol–water partition coefficient (Wildman–Crippen LogP) is 2.79. The van der Waals surface area contributed by atoms with Crippen molar-refractivity contribution in [1.29, 1.82) is 0 Å². The number of aliphatic hydroxyl groups excluding tert-OH is 1. The second-order valence-electron chi connectivity index (χ2n) is 10.6. The average Bonchev–Trinajstić information content (AvgIpc) is 3.28. The van der Waals surface area contributed by atoms with E-state index in [4.69, 9.17) is 21.1 Å². The number of piperidine rings is 1. The highest BCUT2D eigenvalue weighted by molar-refractivity contribution is 6.35. The zero-order chi connectivity index (χ0) is 27.3. The topological polar surface area (TPSA) is 142 Å². The summed E-state index contributed by atoms with van der Waals surface area (Å²) in [5.74, 6) is -1.05. The van der Waals surface area contributed by atoms with Crippen LogP contribution in [0.15, 0.2) is 18.2 Å². The summed E-state index contributed by atoms with van der Waals surface area (Å²) < 4.78 is 10.2. The van der Waals surface area contributed by atoms with E-state index in [1.54, 1.807) is 25.3 Å². The van der Waals surface area contributed by atoms with Gasteiger partial charge in [-0.2, -0.15) is 0 Å². The van der Waals surface area contributed by atoms with Crippen molar-refractivity contribution >= 4 is 40.3 Å². The highest BCUT2D eigenvalue weighted by Gasteiger charge is 2.34. The van der Waals surface area contributed by atoms with Crippen LogP contribution in [-0.2, 0) is 19.1 Å². The van der Waals surface area contributed by atoms with Crippen molar-refractivity contribution in [2.45, 2.75) is 64.8 Å². The summed E-state index contributed by atoms with van der Waals surface area (Å²) >= 11 is 6.34. The number of aliphatic hydroxyl groups is 1.